The third-order valence-electron chi connectivity index (χ3n) is 5.45. The Bertz CT molecular complexity index is 718. The van der Waals surface area contributed by atoms with Crippen molar-refractivity contribution in [2.45, 2.75) is 12.8 Å². The zero-order valence-corrected chi connectivity index (χ0v) is 14.9. The fourth-order valence-corrected chi connectivity index (χ4v) is 3.90. The Kier molecular flexibility index (Phi) is 4.55. The van der Waals surface area contributed by atoms with Crippen molar-refractivity contribution in [2.75, 3.05) is 44.7 Å². The van der Waals surface area contributed by atoms with Gasteiger partial charge in [-0.25, -0.2) is 0 Å². The van der Waals surface area contributed by atoms with Crippen molar-refractivity contribution >= 4 is 17.3 Å². The van der Waals surface area contributed by atoms with Crippen molar-refractivity contribution in [3.63, 3.8) is 0 Å². The number of para-hydroxylation sites is 2. The molecule has 0 spiro atoms. The lowest BCUT2D eigenvalue weighted by Crippen LogP contribution is -3.12. The zero-order chi connectivity index (χ0) is 17.2. The summed E-state index contributed by atoms with van der Waals surface area (Å²) in [6.07, 6.45) is 1.96. The molecule has 0 atom stereocenters. The summed E-state index contributed by atoms with van der Waals surface area (Å²) < 4.78 is 0. The summed E-state index contributed by atoms with van der Waals surface area (Å²) in [5.41, 5.74) is 4.62. The maximum Gasteiger partial charge on any atom is 0.245 e. The molecule has 4 nitrogen and oxygen atoms in total. The molecule has 1 saturated heterocycles. The van der Waals surface area contributed by atoms with Crippen LogP contribution in [0.5, 0.6) is 0 Å². The van der Waals surface area contributed by atoms with E-state index >= 15 is 0 Å². The molecule has 1 N–H and O–H groups in total. The monoisotopic (exact) mass is 336 g/mol. The summed E-state index contributed by atoms with van der Waals surface area (Å²) in [6.45, 7) is 4.71. The van der Waals surface area contributed by atoms with Crippen LogP contribution in [0, 0.1) is 0 Å². The average molecular weight is 336 g/mol. The molecule has 2 aliphatic rings. The van der Waals surface area contributed by atoms with Crippen LogP contribution in [0.3, 0.4) is 0 Å². The van der Waals surface area contributed by atoms with E-state index in [1.165, 1.54) is 11.1 Å². The van der Waals surface area contributed by atoms with Crippen LogP contribution in [0.2, 0.25) is 0 Å². The predicted molar refractivity (Wildman–Crippen MR) is 100 cm³/mol. The van der Waals surface area contributed by atoms with E-state index in [1.54, 1.807) is 4.90 Å². The number of benzene rings is 2. The first-order chi connectivity index (χ1) is 12.2. The van der Waals surface area contributed by atoms with Gasteiger partial charge in [-0.1, -0.05) is 36.4 Å². The number of carbonyl (C=O) groups excluding carboxylic acids is 1. The van der Waals surface area contributed by atoms with Gasteiger partial charge in [-0.3, -0.25) is 14.6 Å². The normalized spacial score (nSPS) is 18.4. The summed E-state index contributed by atoms with van der Waals surface area (Å²) in [6, 6.07) is 16.7. The molecule has 1 amide bonds. The predicted octanol–water partition coefficient (Wildman–Crippen LogP) is 1.28. The highest BCUT2D eigenvalue weighted by atomic mass is 16.2. The molecule has 2 aromatic rings. The number of nitrogens with one attached hydrogen (secondary N) is 1. The van der Waals surface area contributed by atoms with Crippen LogP contribution < -0.4 is 9.80 Å². The maximum atomic E-state index is 13.3. The molecular weight excluding hydrogens is 310 g/mol. The molecular formula is C21H26N3O+. The van der Waals surface area contributed by atoms with Crippen molar-refractivity contribution < 1.29 is 9.69 Å². The van der Waals surface area contributed by atoms with Gasteiger partial charge in [0.25, 0.3) is 0 Å². The molecule has 25 heavy (non-hydrogen) atoms. The third kappa shape index (κ3) is 3.32. The van der Waals surface area contributed by atoms with E-state index in [0.29, 0.717) is 6.54 Å². The largest absolute Gasteiger partial charge is 0.335 e. The van der Waals surface area contributed by atoms with Crippen molar-refractivity contribution in [1.29, 1.82) is 0 Å². The first kappa shape index (κ1) is 16.3. The van der Waals surface area contributed by atoms with Crippen molar-refractivity contribution in [3.8, 4) is 0 Å². The molecule has 2 heterocycles. The van der Waals surface area contributed by atoms with Crippen LogP contribution in [0.1, 0.15) is 11.1 Å². The van der Waals surface area contributed by atoms with Gasteiger partial charge in [-0.05, 0) is 36.1 Å². The van der Waals surface area contributed by atoms with Crippen LogP contribution in [0.25, 0.3) is 0 Å². The Morgan fingerprint density at radius 2 is 1.44 bits per heavy atom. The number of nitrogens with zero attached hydrogens (tertiary/aromatic N) is 2. The Morgan fingerprint density at radius 1 is 0.920 bits per heavy atom. The highest BCUT2D eigenvalue weighted by Crippen LogP contribution is 2.36. The van der Waals surface area contributed by atoms with E-state index in [2.05, 4.69) is 48.3 Å². The molecule has 0 bridgehead atoms. The lowest BCUT2D eigenvalue weighted by atomic mass is 10.0. The SMILES string of the molecule is C[NH+]1CCN(CC(=O)N2c3ccccc3CCc3ccccc32)CC1. The van der Waals surface area contributed by atoms with Crippen molar-refractivity contribution in [3.05, 3.63) is 59.7 Å². The maximum absolute atomic E-state index is 13.3. The molecule has 0 aromatic heterocycles. The van der Waals surface area contributed by atoms with E-state index in [9.17, 15) is 4.79 Å². The number of quaternary nitrogens is 1. The number of aryl methyl sites for hydroxylation is 2. The van der Waals surface area contributed by atoms with Crippen LogP contribution in [-0.2, 0) is 17.6 Å². The second-order valence-corrected chi connectivity index (χ2v) is 7.22. The molecule has 0 saturated carbocycles. The molecule has 130 valence electrons. The molecule has 4 heteroatoms. The number of carbonyl (C=O) groups is 1. The summed E-state index contributed by atoms with van der Waals surface area (Å²) in [7, 11) is 2.22. The second-order valence-electron chi connectivity index (χ2n) is 7.22. The van der Waals surface area contributed by atoms with E-state index in [4.69, 9.17) is 0 Å². The Balaban J connectivity index is 1.66. The van der Waals surface area contributed by atoms with Gasteiger partial charge in [0, 0.05) is 13.1 Å². The number of likely N-dealkylation sites (N-methyl/N-ethyl adjacent to an activating group) is 1. The van der Waals surface area contributed by atoms with Crippen LogP contribution in [0.4, 0.5) is 11.4 Å². The molecule has 4 rings (SSSR count). The Morgan fingerprint density at radius 3 is 2.00 bits per heavy atom. The van der Waals surface area contributed by atoms with Gasteiger partial charge >= 0.3 is 0 Å². The van der Waals surface area contributed by atoms with E-state index in [1.807, 2.05) is 17.0 Å². The minimum absolute atomic E-state index is 0.182. The highest BCUT2D eigenvalue weighted by Gasteiger charge is 2.28. The summed E-state index contributed by atoms with van der Waals surface area (Å²) in [5.74, 6) is 0.182. The summed E-state index contributed by atoms with van der Waals surface area (Å²) >= 11 is 0. The lowest BCUT2D eigenvalue weighted by Gasteiger charge is -2.32. The number of fused-ring (bicyclic) bond motifs is 2. The molecule has 0 aliphatic carbocycles. The first-order valence-corrected chi connectivity index (χ1v) is 9.25. The molecule has 0 radical (unpaired) electrons. The standard InChI is InChI=1S/C21H25N3O/c1-22-12-14-23(15-13-22)16-21(25)24-19-8-4-2-6-17(19)10-11-18-7-3-5-9-20(18)24/h2-9H,10-16H2,1H3/p+1. The number of piperazine rings is 1. The fourth-order valence-electron chi connectivity index (χ4n) is 3.90. The van der Waals surface area contributed by atoms with Gasteiger partial charge < -0.3 is 4.90 Å². The van der Waals surface area contributed by atoms with Crippen LogP contribution in [0.15, 0.2) is 48.5 Å². The molecule has 1 fully saturated rings. The zero-order valence-electron chi connectivity index (χ0n) is 14.9. The fraction of sp³-hybridized carbons (Fsp3) is 0.381. The number of rotatable bonds is 2. The molecule has 0 unspecified atom stereocenters. The quantitative estimate of drug-likeness (QED) is 0.895. The third-order valence-corrected chi connectivity index (χ3v) is 5.45. The van der Waals surface area contributed by atoms with Crippen molar-refractivity contribution in [2.24, 2.45) is 0 Å². The van der Waals surface area contributed by atoms with Gasteiger partial charge in [-0.2, -0.15) is 0 Å². The van der Waals surface area contributed by atoms with E-state index < -0.39 is 0 Å². The number of anilines is 2. The van der Waals surface area contributed by atoms with Gasteiger partial charge in [0.05, 0.1) is 38.1 Å². The number of amides is 1. The van der Waals surface area contributed by atoms with Crippen molar-refractivity contribution in [1.82, 2.24) is 4.90 Å². The number of hydrogen-bond donors (Lipinski definition) is 1. The lowest BCUT2D eigenvalue weighted by molar-refractivity contribution is -0.884. The smallest absolute Gasteiger partial charge is 0.245 e. The average Bonchev–Trinajstić information content (AvgIpc) is 2.80. The second kappa shape index (κ2) is 6.98. The highest BCUT2D eigenvalue weighted by molar-refractivity contribution is 6.03. The first-order valence-electron chi connectivity index (χ1n) is 9.25. The van der Waals surface area contributed by atoms with E-state index in [-0.39, 0.29) is 5.91 Å². The Hall–Kier alpha value is -2.17. The Labute approximate surface area is 149 Å². The molecule has 2 aromatic carbocycles. The molecule has 2 aliphatic heterocycles. The van der Waals surface area contributed by atoms with Crippen LogP contribution >= 0.6 is 0 Å². The van der Waals surface area contributed by atoms with E-state index in [0.717, 1.165) is 50.4 Å². The topological polar surface area (TPSA) is 28.0 Å². The summed E-state index contributed by atoms with van der Waals surface area (Å²) in [4.78, 5) is 19.1. The van der Waals surface area contributed by atoms with Gasteiger partial charge in [0.1, 0.15) is 0 Å². The number of hydrogen-bond acceptors (Lipinski definition) is 2. The van der Waals surface area contributed by atoms with Gasteiger partial charge in [-0.15, -0.1) is 0 Å². The minimum Gasteiger partial charge on any atom is -0.335 e. The summed E-state index contributed by atoms with van der Waals surface area (Å²) in [5, 5.41) is 0. The van der Waals surface area contributed by atoms with Gasteiger partial charge in [0.15, 0.2) is 0 Å². The van der Waals surface area contributed by atoms with Gasteiger partial charge in [0.2, 0.25) is 5.91 Å². The van der Waals surface area contributed by atoms with Crippen LogP contribution in [-0.4, -0.2) is 50.6 Å². The minimum atomic E-state index is 0.182.